The smallest absolute Gasteiger partial charge is 0.238 e. The van der Waals surface area contributed by atoms with Crippen LogP contribution >= 0.6 is 0 Å². The predicted octanol–water partition coefficient (Wildman–Crippen LogP) is 13.4. The highest BCUT2D eigenvalue weighted by Crippen LogP contribution is 2.53. The Morgan fingerprint density at radius 2 is 0.949 bits per heavy atom. The summed E-state index contributed by atoms with van der Waals surface area (Å²) in [5, 5.41) is -3.49. The summed E-state index contributed by atoms with van der Waals surface area (Å²) in [5.41, 5.74) is -18.4. The maximum absolute atomic E-state index is 10.6. The lowest BCUT2D eigenvalue weighted by Gasteiger charge is -2.26. The summed E-state index contributed by atoms with van der Waals surface area (Å²) in [4.78, 5) is 13.3. The van der Waals surface area contributed by atoms with Gasteiger partial charge in [-0.15, -0.1) is 0 Å². The first kappa shape index (κ1) is 13.2. The zero-order valence-corrected chi connectivity index (χ0v) is 29.2. The van der Waals surface area contributed by atoms with E-state index in [0.29, 0.717) is 9.13 Å². The third-order valence-corrected chi connectivity index (χ3v) is 9.65. The van der Waals surface area contributed by atoms with E-state index in [0.717, 1.165) is 0 Å². The summed E-state index contributed by atoms with van der Waals surface area (Å²) in [6.07, 6.45) is 0. The lowest BCUT2D eigenvalue weighted by Crippen LogP contribution is -2.18. The van der Waals surface area contributed by atoms with E-state index >= 15 is 0 Å². The van der Waals surface area contributed by atoms with Gasteiger partial charge in [0, 0.05) is 46.3 Å². The second-order valence-corrected chi connectivity index (χ2v) is 12.8. The van der Waals surface area contributed by atoms with Gasteiger partial charge in [-0.2, -0.15) is 9.97 Å². The summed E-state index contributed by atoms with van der Waals surface area (Å²) >= 11 is 0. The Balaban J connectivity index is 1.50. The normalized spacial score (nSPS) is 22.3. The minimum absolute atomic E-state index is 0.482. The zero-order valence-electron chi connectivity index (χ0n) is 66.2. The van der Waals surface area contributed by atoms with Crippen LogP contribution in [0, 0.1) is 0 Å². The van der Waals surface area contributed by atoms with Gasteiger partial charge >= 0.3 is 0 Å². The molecule has 1 aliphatic rings. The van der Waals surface area contributed by atoms with Crippen molar-refractivity contribution < 1.29 is 50.7 Å². The first-order valence-corrected chi connectivity index (χ1v) is 17.2. The molecule has 3 heterocycles. The Labute approximate surface area is 393 Å². The maximum atomic E-state index is 10.6. The van der Waals surface area contributed by atoms with Crippen molar-refractivity contribution in [1.29, 1.82) is 0 Å². The monoisotopic (exact) mass is 793 g/mol. The Hall–Kier alpha value is -7.63. The van der Waals surface area contributed by atoms with Crippen molar-refractivity contribution in [3.05, 3.63) is 198 Å². The third-order valence-electron chi connectivity index (χ3n) is 9.65. The maximum Gasteiger partial charge on any atom is 0.238 e. The fourth-order valence-corrected chi connectivity index (χ4v) is 7.29. The van der Waals surface area contributed by atoms with Crippen LogP contribution in [0.15, 0.2) is 187 Å². The largest absolute Gasteiger partial charge is 0.307 e. The van der Waals surface area contributed by atoms with Gasteiger partial charge < -0.3 is 4.57 Å². The topological polar surface area (TPSA) is 48.5 Å². The molecule has 0 saturated carbocycles. The molecule has 3 aromatic heterocycles. The SMILES string of the molecule is [2H]c1c([2H])c([2H])c(-c2nc(-c3c([2H])c([2H])c([2H])c([2H])c3[2H])nc(-n3c4c([2H])c([2H])c([2H])c([2H])c4c4c([2H])c([2H])c5c6c([2H])c([2H])c([2H])c([2H])c6n(-c6c([2H])c(-c7c([2H])c([2H])c([2H])c([2H])c7[2H])c([2H])c7c6C(C([2H])([2H])[2H])(C([2H])([2H])[2H])c6c([2H])c([2H])c([2H])c([2H])c6-7)c5c43)n2)c([2H])c1[2H]. The number of benzene rings is 8. The van der Waals surface area contributed by atoms with Crippen LogP contribution in [0.1, 0.15) is 75.5 Å². The van der Waals surface area contributed by atoms with Crippen LogP contribution in [0.3, 0.4) is 0 Å². The summed E-state index contributed by atoms with van der Waals surface area (Å²) < 4.78 is 342. The summed E-state index contributed by atoms with van der Waals surface area (Å²) in [7, 11) is 0. The van der Waals surface area contributed by atoms with E-state index in [1.54, 1.807) is 0 Å². The van der Waals surface area contributed by atoms with Gasteiger partial charge in [0.15, 0.2) is 11.6 Å². The molecule has 0 N–H and O–H groups in total. The molecular weight excluding hydrogens is 719 g/mol. The van der Waals surface area contributed by atoms with E-state index in [4.69, 9.17) is 24.7 Å². The second-order valence-electron chi connectivity index (χ2n) is 12.8. The van der Waals surface area contributed by atoms with Crippen LogP contribution in [0.5, 0.6) is 0 Å². The fourth-order valence-electron chi connectivity index (χ4n) is 7.29. The first-order chi connectivity index (χ1) is 44.4. The molecule has 0 unspecified atom stereocenters. The summed E-state index contributed by atoms with van der Waals surface area (Å²) in [6, 6.07) is -35.4. The average molecular weight is 793 g/mol. The minimum atomic E-state index is -4.24. The van der Waals surface area contributed by atoms with Gasteiger partial charge in [0.1, 0.15) is 0 Å². The number of nitrogens with zero attached hydrogens (tertiary/aromatic N) is 5. The molecule has 0 atom stereocenters. The number of rotatable bonds is 5. The Morgan fingerprint density at radius 1 is 0.441 bits per heavy atom. The molecule has 278 valence electrons. The van der Waals surface area contributed by atoms with E-state index in [1.807, 2.05) is 0 Å². The van der Waals surface area contributed by atoms with Gasteiger partial charge in [0.2, 0.25) is 5.95 Å². The van der Waals surface area contributed by atoms with Crippen LogP contribution in [0.4, 0.5) is 0 Å². The zero-order chi connectivity index (χ0) is 71.2. The molecule has 8 aromatic carbocycles. The Morgan fingerprint density at radius 3 is 1.56 bits per heavy atom. The first-order valence-electron chi connectivity index (χ1n) is 35.7. The quantitative estimate of drug-likeness (QED) is 0.174. The number of para-hydroxylation sites is 2. The third kappa shape index (κ3) is 4.95. The molecule has 59 heavy (non-hydrogen) atoms. The fraction of sp³-hybridized carbons (Fsp3) is 0.0556. The van der Waals surface area contributed by atoms with E-state index in [9.17, 15) is 26.0 Å². The highest BCUT2D eigenvalue weighted by molar-refractivity contribution is 6.24. The van der Waals surface area contributed by atoms with Crippen molar-refractivity contribution in [2.24, 2.45) is 0 Å². The van der Waals surface area contributed by atoms with Crippen LogP contribution in [-0.4, -0.2) is 24.1 Å². The molecule has 0 bridgehead atoms. The van der Waals surface area contributed by atoms with Crippen molar-refractivity contribution in [1.82, 2.24) is 24.1 Å². The van der Waals surface area contributed by atoms with Crippen molar-refractivity contribution in [3.63, 3.8) is 0 Å². The van der Waals surface area contributed by atoms with Crippen LogP contribution in [-0.2, 0) is 5.41 Å². The van der Waals surface area contributed by atoms with E-state index in [1.165, 1.54) is 0 Å². The Bertz CT molecular complexity index is 5340. The molecule has 0 radical (unpaired) electrons. The average Bonchev–Trinajstić information content (AvgIpc) is 1.48. The highest BCUT2D eigenvalue weighted by atomic mass is 15.2. The summed E-state index contributed by atoms with van der Waals surface area (Å²) in [6.45, 7) is -8.47. The van der Waals surface area contributed by atoms with Crippen molar-refractivity contribution >= 4 is 43.6 Å². The molecule has 0 aliphatic heterocycles. The summed E-state index contributed by atoms with van der Waals surface area (Å²) in [5.74, 6) is -3.22. The highest BCUT2D eigenvalue weighted by Gasteiger charge is 2.39. The van der Waals surface area contributed by atoms with Crippen LogP contribution < -0.4 is 0 Å². The number of aromatic nitrogens is 5. The molecule has 5 nitrogen and oxygen atoms in total. The van der Waals surface area contributed by atoms with E-state index < -0.39 is 318 Å². The van der Waals surface area contributed by atoms with Gasteiger partial charge in [0.25, 0.3) is 0 Å². The molecule has 11 aromatic rings. The molecule has 0 saturated heterocycles. The predicted molar refractivity (Wildman–Crippen MR) is 242 cm³/mol. The Kier molecular flexibility index (Phi) is 2.84. The van der Waals surface area contributed by atoms with Gasteiger partial charge in [0.05, 0.1) is 70.2 Å². The molecule has 1 aliphatic carbocycles. The van der Waals surface area contributed by atoms with Gasteiger partial charge in [-0.25, -0.2) is 4.98 Å². The second kappa shape index (κ2) is 12.7. The van der Waals surface area contributed by atoms with E-state index in [2.05, 4.69) is 15.0 Å². The molecule has 0 fully saturated rings. The van der Waals surface area contributed by atoms with Crippen LogP contribution in [0.25, 0.3) is 100 Å². The number of fused-ring (bicyclic) bond motifs is 10. The van der Waals surface area contributed by atoms with Crippen LogP contribution in [0.2, 0.25) is 0 Å². The number of hydrogen-bond donors (Lipinski definition) is 0. The van der Waals surface area contributed by atoms with Crippen molar-refractivity contribution in [2.75, 3.05) is 0 Å². The lowest BCUT2D eigenvalue weighted by molar-refractivity contribution is 0.657. The molecule has 12 rings (SSSR count). The standard InChI is InChI=1S/C54H37N5/c1-54(2)44-27-15-12-24-38(44)43-32-37(34-18-6-3-7-19-34)33-47(48(43)54)58-45-28-16-13-25-39(45)41-30-31-42-40-26-14-17-29-46(40)59(50(42)49(41)58)53-56-51(35-20-8-4-9-21-35)55-52(57-53)36-22-10-5-11-23-36/h3-33H,1-2H3/i1D3,2D3,3D,4D,5D,6D,7D,8D,9D,10D,11D,12D,13D,14D,15D,16D,17D,18D,19D,20D,21D,22D,23D,24D,25D,26D,27D,28D,29D,30D,31D,32D,33D. The molecule has 0 amide bonds. The molecule has 0 spiro atoms. The van der Waals surface area contributed by atoms with Gasteiger partial charge in [-0.3, -0.25) is 4.57 Å². The molecule has 5 heteroatoms. The minimum Gasteiger partial charge on any atom is -0.307 e. The van der Waals surface area contributed by atoms with Crippen molar-refractivity contribution in [2.45, 2.75) is 19.1 Å². The lowest BCUT2D eigenvalue weighted by atomic mass is 9.81. The van der Waals surface area contributed by atoms with Gasteiger partial charge in [-0.1, -0.05) is 177 Å². The van der Waals surface area contributed by atoms with E-state index in [-0.39, 0.29) is 0 Å². The molecular formula is C54H37N5. The number of hydrogen-bond acceptors (Lipinski definition) is 3. The van der Waals surface area contributed by atoms with Gasteiger partial charge in [-0.05, 0) is 57.6 Å². The van der Waals surface area contributed by atoms with Crippen molar-refractivity contribution in [3.8, 4) is 56.7 Å².